The number of hydrogen-bond acceptors (Lipinski definition) is 7. The van der Waals surface area contributed by atoms with Gasteiger partial charge in [0.25, 0.3) is 0 Å². The summed E-state index contributed by atoms with van der Waals surface area (Å²) in [5, 5.41) is 14.2. The average molecular weight is 386 g/mol. The Hall–Kier alpha value is -2.11. The molecule has 1 rings (SSSR count). The molecular weight excluding hydrogens is 360 g/mol. The number of nitrogens with two attached hydrogens (primary N) is 2. The summed E-state index contributed by atoms with van der Waals surface area (Å²) in [6, 6.07) is -2.92. The molecule has 0 radical (unpaired) electrons. The summed E-state index contributed by atoms with van der Waals surface area (Å²) in [6.07, 6.45) is 4.83. The van der Waals surface area contributed by atoms with Crippen LogP contribution in [0.4, 0.5) is 0 Å². The number of nitrogens with one attached hydrogen (secondary N) is 3. The summed E-state index contributed by atoms with van der Waals surface area (Å²) in [5.74, 6) is -2.33. The predicted molar refractivity (Wildman–Crippen MR) is 98.5 cm³/mol. The van der Waals surface area contributed by atoms with Gasteiger partial charge in [0.2, 0.25) is 11.8 Å². The Labute approximate surface area is 156 Å². The molecule has 10 nitrogen and oxygen atoms in total. The van der Waals surface area contributed by atoms with Gasteiger partial charge in [-0.15, -0.1) is 0 Å². The Morgan fingerprint density at radius 3 is 2.46 bits per heavy atom. The third-order valence-electron chi connectivity index (χ3n) is 3.72. The fourth-order valence-corrected chi connectivity index (χ4v) is 2.46. The molecule has 8 N–H and O–H groups in total. The van der Waals surface area contributed by atoms with Crippen molar-refractivity contribution in [3.05, 3.63) is 18.2 Å². The van der Waals surface area contributed by atoms with Gasteiger partial charge < -0.3 is 32.2 Å². The number of rotatable bonds is 12. The van der Waals surface area contributed by atoms with Crippen LogP contribution in [-0.4, -0.2) is 63.3 Å². The standard InChI is InChI=1S/C15H26N6O4S/c16-4-2-1-3-10(17)13(22)21-12(7-26)14(23)20-11(15(24)25)5-9-6-18-8-19-9/h6,8,10-12,26H,1-5,7,16-17H2,(H,18,19)(H,20,23)(H,21,22)(H,24,25). The van der Waals surface area contributed by atoms with Gasteiger partial charge in [0.1, 0.15) is 12.1 Å². The third-order valence-corrected chi connectivity index (χ3v) is 4.08. The molecule has 0 aliphatic carbocycles. The maximum Gasteiger partial charge on any atom is 0.326 e. The normalized spacial score (nSPS) is 14.3. The second kappa shape index (κ2) is 11.5. The minimum atomic E-state index is -1.20. The lowest BCUT2D eigenvalue weighted by Crippen LogP contribution is -2.55. The molecule has 2 amide bonds. The van der Waals surface area contributed by atoms with Crippen LogP contribution < -0.4 is 22.1 Å². The van der Waals surface area contributed by atoms with Crippen LogP contribution >= 0.6 is 12.6 Å². The van der Waals surface area contributed by atoms with E-state index in [1.54, 1.807) is 0 Å². The van der Waals surface area contributed by atoms with Crippen molar-refractivity contribution in [1.29, 1.82) is 0 Å². The van der Waals surface area contributed by atoms with Crippen LogP contribution in [-0.2, 0) is 20.8 Å². The van der Waals surface area contributed by atoms with E-state index in [2.05, 4.69) is 33.2 Å². The van der Waals surface area contributed by atoms with Crippen molar-refractivity contribution in [2.24, 2.45) is 11.5 Å². The number of hydrogen-bond donors (Lipinski definition) is 7. The van der Waals surface area contributed by atoms with Crippen molar-refractivity contribution in [2.45, 2.75) is 43.8 Å². The second-order valence-electron chi connectivity index (χ2n) is 5.82. The monoisotopic (exact) mass is 386 g/mol. The Morgan fingerprint density at radius 1 is 1.23 bits per heavy atom. The largest absolute Gasteiger partial charge is 0.480 e. The van der Waals surface area contributed by atoms with E-state index in [4.69, 9.17) is 11.5 Å². The Morgan fingerprint density at radius 2 is 1.92 bits per heavy atom. The highest BCUT2D eigenvalue weighted by atomic mass is 32.1. The first-order valence-corrected chi connectivity index (χ1v) is 8.89. The van der Waals surface area contributed by atoms with Crippen LogP contribution in [0.2, 0.25) is 0 Å². The Kier molecular flexibility index (Phi) is 9.70. The van der Waals surface area contributed by atoms with E-state index >= 15 is 0 Å². The van der Waals surface area contributed by atoms with Crippen molar-refractivity contribution < 1.29 is 19.5 Å². The summed E-state index contributed by atoms with van der Waals surface area (Å²) in [7, 11) is 0. The maximum absolute atomic E-state index is 12.3. The maximum atomic E-state index is 12.3. The summed E-state index contributed by atoms with van der Waals surface area (Å²) in [5.41, 5.74) is 11.7. The van der Waals surface area contributed by atoms with Gasteiger partial charge in [0.15, 0.2) is 0 Å². The molecule has 0 aliphatic heterocycles. The summed E-state index contributed by atoms with van der Waals surface area (Å²) < 4.78 is 0. The molecule has 0 fully saturated rings. The van der Waals surface area contributed by atoms with Crippen molar-refractivity contribution >= 4 is 30.4 Å². The molecule has 26 heavy (non-hydrogen) atoms. The smallest absolute Gasteiger partial charge is 0.326 e. The lowest BCUT2D eigenvalue weighted by atomic mass is 10.1. The fraction of sp³-hybridized carbons (Fsp3) is 0.600. The van der Waals surface area contributed by atoms with Crippen molar-refractivity contribution in [2.75, 3.05) is 12.3 Å². The number of aromatic nitrogens is 2. The number of amides is 2. The van der Waals surface area contributed by atoms with Gasteiger partial charge in [-0.2, -0.15) is 12.6 Å². The molecule has 1 aromatic heterocycles. The zero-order valence-electron chi connectivity index (χ0n) is 14.4. The molecule has 1 heterocycles. The number of carboxylic acids is 1. The van der Waals surface area contributed by atoms with E-state index in [1.165, 1.54) is 12.5 Å². The van der Waals surface area contributed by atoms with E-state index in [1.807, 2.05) is 0 Å². The highest BCUT2D eigenvalue weighted by Crippen LogP contribution is 2.02. The van der Waals surface area contributed by atoms with Crippen LogP contribution in [0, 0.1) is 0 Å². The number of carbonyl (C=O) groups is 3. The molecule has 0 aromatic carbocycles. The van der Waals surface area contributed by atoms with Crippen molar-refractivity contribution in [3.8, 4) is 0 Å². The Balaban J connectivity index is 2.59. The van der Waals surface area contributed by atoms with E-state index < -0.39 is 35.9 Å². The number of thiol groups is 1. The van der Waals surface area contributed by atoms with E-state index in [0.29, 0.717) is 25.1 Å². The number of aliphatic carboxylic acids is 1. The molecule has 1 aromatic rings. The number of nitrogens with zero attached hydrogens (tertiary/aromatic N) is 1. The number of imidazole rings is 1. The fourth-order valence-electron chi connectivity index (χ4n) is 2.20. The Bertz CT molecular complexity index is 583. The van der Waals surface area contributed by atoms with Crippen LogP contribution in [0.5, 0.6) is 0 Å². The first-order valence-electron chi connectivity index (χ1n) is 8.26. The molecule has 3 atom stereocenters. The molecule has 0 saturated heterocycles. The van der Waals surface area contributed by atoms with Gasteiger partial charge in [0, 0.05) is 24.1 Å². The van der Waals surface area contributed by atoms with Gasteiger partial charge in [-0.25, -0.2) is 9.78 Å². The average Bonchev–Trinajstić information content (AvgIpc) is 3.11. The lowest BCUT2D eigenvalue weighted by molar-refractivity contribution is -0.142. The van der Waals surface area contributed by atoms with E-state index in [0.717, 1.165) is 6.42 Å². The summed E-state index contributed by atoms with van der Waals surface area (Å²) >= 11 is 4.05. The molecule has 0 spiro atoms. The van der Waals surface area contributed by atoms with Gasteiger partial charge in [-0.3, -0.25) is 9.59 Å². The highest BCUT2D eigenvalue weighted by molar-refractivity contribution is 7.80. The zero-order valence-corrected chi connectivity index (χ0v) is 15.2. The summed E-state index contributed by atoms with van der Waals surface area (Å²) in [4.78, 5) is 42.3. The van der Waals surface area contributed by atoms with E-state index in [9.17, 15) is 19.5 Å². The van der Waals surface area contributed by atoms with Gasteiger partial charge in [-0.05, 0) is 19.4 Å². The minimum absolute atomic E-state index is 0.00346. The van der Waals surface area contributed by atoms with Crippen molar-refractivity contribution in [1.82, 2.24) is 20.6 Å². The number of aromatic amines is 1. The second-order valence-corrected chi connectivity index (χ2v) is 6.18. The molecule has 0 bridgehead atoms. The van der Waals surface area contributed by atoms with E-state index in [-0.39, 0.29) is 12.2 Å². The van der Waals surface area contributed by atoms with Crippen molar-refractivity contribution in [3.63, 3.8) is 0 Å². The number of carboxylic acid groups (broad SMARTS) is 1. The molecule has 0 aliphatic rings. The first-order chi connectivity index (χ1) is 12.4. The lowest BCUT2D eigenvalue weighted by Gasteiger charge is -2.21. The van der Waals surface area contributed by atoms with Crippen LogP contribution in [0.3, 0.4) is 0 Å². The topological polar surface area (TPSA) is 176 Å². The van der Waals surface area contributed by atoms with Crippen LogP contribution in [0.15, 0.2) is 12.5 Å². The summed E-state index contributed by atoms with van der Waals surface area (Å²) in [6.45, 7) is 0.517. The van der Waals surface area contributed by atoms with Crippen LogP contribution in [0.1, 0.15) is 25.0 Å². The van der Waals surface area contributed by atoms with Gasteiger partial charge in [0.05, 0.1) is 12.4 Å². The van der Waals surface area contributed by atoms with Gasteiger partial charge >= 0.3 is 5.97 Å². The first kappa shape index (κ1) is 21.9. The molecule has 3 unspecified atom stereocenters. The number of H-pyrrole nitrogens is 1. The van der Waals surface area contributed by atoms with Crippen LogP contribution in [0.25, 0.3) is 0 Å². The SMILES string of the molecule is NCCCCC(N)C(=O)NC(CS)C(=O)NC(Cc1cnc[nH]1)C(=O)O. The molecule has 11 heteroatoms. The third kappa shape index (κ3) is 7.42. The zero-order chi connectivity index (χ0) is 19.5. The number of carbonyl (C=O) groups excluding carboxylic acids is 2. The molecule has 0 saturated carbocycles. The quantitative estimate of drug-likeness (QED) is 0.167. The van der Waals surface area contributed by atoms with Gasteiger partial charge in [-0.1, -0.05) is 6.42 Å². The molecule has 146 valence electrons. The minimum Gasteiger partial charge on any atom is -0.480 e. The molecular formula is C15H26N6O4S. The highest BCUT2D eigenvalue weighted by Gasteiger charge is 2.27. The predicted octanol–water partition coefficient (Wildman–Crippen LogP) is -1.61. The number of unbranched alkanes of at least 4 members (excludes halogenated alkanes) is 1.